The average molecular weight is 307 g/mol. The molecule has 1 spiro atoms. The van der Waals surface area contributed by atoms with Crippen molar-refractivity contribution >= 4 is 5.91 Å². The fraction of sp³-hybridized carbons (Fsp3) is 0.947. The Morgan fingerprint density at radius 3 is 2.73 bits per heavy atom. The molecule has 1 aliphatic heterocycles. The Bertz CT molecular complexity index is 445. The predicted molar refractivity (Wildman–Crippen MR) is 88.5 cm³/mol. The molecule has 2 bridgehead atoms. The molecule has 126 valence electrons. The van der Waals surface area contributed by atoms with E-state index in [2.05, 4.69) is 39.9 Å². The fourth-order valence-electron chi connectivity index (χ4n) is 5.90. The van der Waals surface area contributed by atoms with E-state index in [0.29, 0.717) is 35.8 Å². The molecule has 1 saturated heterocycles. The summed E-state index contributed by atoms with van der Waals surface area (Å²) in [6, 6.07) is 0.327. The number of fused-ring (bicyclic) bond motifs is 1. The highest BCUT2D eigenvalue weighted by atomic mass is 16.5. The number of carbonyl (C=O) groups is 1. The highest BCUT2D eigenvalue weighted by molar-refractivity contribution is 5.76. The van der Waals surface area contributed by atoms with E-state index >= 15 is 0 Å². The van der Waals surface area contributed by atoms with Crippen molar-refractivity contribution in [3.05, 3.63) is 0 Å². The second kappa shape index (κ2) is 5.51. The Labute approximate surface area is 135 Å². The van der Waals surface area contributed by atoms with E-state index in [1.165, 1.54) is 12.8 Å². The molecule has 22 heavy (non-hydrogen) atoms. The van der Waals surface area contributed by atoms with Crippen molar-refractivity contribution in [2.75, 3.05) is 6.61 Å². The summed E-state index contributed by atoms with van der Waals surface area (Å²) in [5, 5.41) is 3.47. The third kappa shape index (κ3) is 2.31. The van der Waals surface area contributed by atoms with Gasteiger partial charge in [0, 0.05) is 19.1 Å². The number of hydrogen-bond donors (Lipinski definition) is 1. The zero-order valence-electron chi connectivity index (χ0n) is 14.9. The van der Waals surface area contributed by atoms with Crippen molar-refractivity contribution in [1.82, 2.24) is 5.32 Å². The summed E-state index contributed by atoms with van der Waals surface area (Å²) in [4.78, 5) is 12.5. The van der Waals surface area contributed by atoms with Gasteiger partial charge in [0.05, 0.1) is 6.10 Å². The van der Waals surface area contributed by atoms with Crippen LogP contribution in [0.15, 0.2) is 0 Å². The van der Waals surface area contributed by atoms with Crippen LogP contribution in [-0.4, -0.2) is 24.7 Å². The first-order valence-corrected chi connectivity index (χ1v) is 9.22. The van der Waals surface area contributed by atoms with Crippen molar-refractivity contribution in [2.45, 2.75) is 78.9 Å². The number of rotatable bonds is 4. The van der Waals surface area contributed by atoms with Gasteiger partial charge >= 0.3 is 0 Å². The molecule has 3 heteroatoms. The van der Waals surface area contributed by atoms with Crippen molar-refractivity contribution in [3.63, 3.8) is 0 Å². The van der Waals surface area contributed by atoms with Crippen molar-refractivity contribution < 1.29 is 9.53 Å². The summed E-state index contributed by atoms with van der Waals surface area (Å²) < 4.78 is 6.06. The van der Waals surface area contributed by atoms with E-state index in [-0.39, 0.29) is 11.3 Å². The molecule has 3 aliphatic rings. The topological polar surface area (TPSA) is 38.3 Å². The van der Waals surface area contributed by atoms with Gasteiger partial charge in [0.15, 0.2) is 0 Å². The maximum atomic E-state index is 12.5. The molecule has 1 heterocycles. The van der Waals surface area contributed by atoms with E-state index in [4.69, 9.17) is 4.74 Å². The monoisotopic (exact) mass is 307 g/mol. The zero-order valence-corrected chi connectivity index (χ0v) is 14.9. The predicted octanol–water partition coefficient (Wildman–Crippen LogP) is 3.77. The van der Waals surface area contributed by atoms with Gasteiger partial charge in [-0.1, -0.05) is 34.6 Å². The molecular weight excluding hydrogens is 274 g/mol. The quantitative estimate of drug-likeness (QED) is 0.858. The first-order chi connectivity index (χ1) is 10.3. The number of carbonyl (C=O) groups excluding carboxylic acids is 1. The summed E-state index contributed by atoms with van der Waals surface area (Å²) in [6.45, 7) is 12.1. The molecule has 5 atom stereocenters. The Kier molecular flexibility index (Phi) is 4.08. The molecule has 3 fully saturated rings. The minimum atomic E-state index is 0.221. The number of amides is 1. The first-order valence-electron chi connectivity index (χ1n) is 9.22. The van der Waals surface area contributed by atoms with Crippen LogP contribution in [-0.2, 0) is 9.53 Å². The maximum Gasteiger partial charge on any atom is 0.220 e. The van der Waals surface area contributed by atoms with Crippen LogP contribution >= 0.6 is 0 Å². The van der Waals surface area contributed by atoms with Crippen LogP contribution in [0.3, 0.4) is 0 Å². The first kappa shape index (κ1) is 16.3. The molecular formula is C19H33NO2. The SMILES string of the molecule is CC[C@H]1OCC[C@@]23C[C@@H](C[C@H]12)C(C)(C)[C@@H]3NC(=O)CC(C)C. The van der Waals surface area contributed by atoms with Crippen molar-refractivity contribution in [2.24, 2.45) is 28.6 Å². The van der Waals surface area contributed by atoms with Crippen LogP contribution in [0.25, 0.3) is 0 Å². The molecule has 1 amide bonds. The summed E-state index contributed by atoms with van der Waals surface area (Å²) >= 11 is 0. The van der Waals surface area contributed by atoms with Gasteiger partial charge in [-0.25, -0.2) is 0 Å². The normalized spacial score (nSPS) is 42.5. The van der Waals surface area contributed by atoms with Crippen molar-refractivity contribution in [1.29, 1.82) is 0 Å². The van der Waals surface area contributed by atoms with Crippen molar-refractivity contribution in [3.8, 4) is 0 Å². The second-order valence-corrected chi connectivity index (χ2v) is 8.96. The zero-order chi connectivity index (χ0) is 16.1. The molecule has 3 rings (SSSR count). The smallest absolute Gasteiger partial charge is 0.220 e. The number of hydrogen-bond acceptors (Lipinski definition) is 2. The molecule has 3 nitrogen and oxygen atoms in total. The Hall–Kier alpha value is -0.570. The Balaban J connectivity index is 1.85. The van der Waals surface area contributed by atoms with Gasteiger partial charge in [0.25, 0.3) is 0 Å². The Morgan fingerprint density at radius 2 is 2.09 bits per heavy atom. The van der Waals surface area contributed by atoms with Gasteiger partial charge in [-0.05, 0) is 54.3 Å². The third-order valence-electron chi connectivity index (χ3n) is 6.92. The molecule has 0 unspecified atom stereocenters. The number of nitrogens with one attached hydrogen (secondary N) is 1. The average Bonchev–Trinajstić information content (AvgIpc) is 2.91. The number of ether oxygens (including phenoxy) is 1. The van der Waals surface area contributed by atoms with Crippen LogP contribution in [0.2, 0.25) is 0 Å². The van der Waals surface area contributed by atoms with Gasteiger partial charge in [0.2, 0.25) is 5.91 Å². The lowest BCUT2D eigenvalue weighted by molar-refractivity contribution is -0.136. The van der Waals surface area contributed by atoms with Gasteiger partial charge in [0.1, 0.15) is 0 Å². The van der Waals surface area contributed by atoms with E-state index in [1.807, 2.05) is 0 Å². The van der Waals surface area contributed by atoms with E-state index in [9.17, 15) is 4.79 Å². The highest BCUT2D eigenvalue weighted by Crippen LogP contribution is 2.68. The molecule has 0 aromatic rings. The van der Waals surface area contributed by atoms with Crippen LogP contribution in [0.5, 0.6) is 0 Å². The van der Waals surface area contributed by atoms with Crippen LogP contribution in [0.1, 0.15) is 66.7 Å². The molecule has 2 saturated carbocycles. The molecule has 0 radical (unpaired) electrons. The minimum absolute atomic E-state index is 0.221. The Morgan fingerprint density at radius 1 is 1.36 bits per heavy atom. The summed E-state index contributed by atoms with van der Waals surface area (Å²) in [6.07, 6.45) is 5.86. The standard InChI is InChI=1S/C19H33NO2/c1-6-15-14-10-13-11-19(14,7-8-22-15)17(18(13,4)5)20-16(21)9-12(2)3/h12-15,17H,6-11H2,1-5H3,(H,20,21)/t13-,14-,15-,17+,19-/m1/s1. The third-order valence-corrected chi connectivity index (χ3v) is 6.92. The van der Waals surface area contributed by atoms with Gasteiger partial charge in [-0.15, -0.1) is 0 Å². The molecule has 2 aliphatic carbocycles. The van der Waals surface area contributed by atoms with Gasteiger partial charge in [-0.2, -0.15) is 0 Å². The van der Waals surface area contributed by atoms with E-state index < -0.39 is 0 Å². The van der Waals surface area contributed by atoms with E-state index in [0.717, 1.165) is 25.4 Å². The lowest BCUT2D eigenvalue weighted by atomic mass is 9.59. The fourth-order valence-corrected chi connectivity index (χ4v) is 5.90. The summed E-state index contributed by atoms with van der Waals surface area (Å²) in [5.41, 5.74) is 0.512. The van der Waals surface area contributed by atoms with E-state index in [1.54, 1.807) is 0 Å². The summed E-state index contributed by atoms with van der Waals surface area (Å²) in [7, 11) is 0. The highest BCUT2D eigenvalue weighted by Gasteiger charge is 2.68. The lowest BCUT2D eigenvalue weighted by Crippen LogP contribution is -2.60. The van der Waals surface area contributed by atoms with Crippen LogP contribution in [0, 0.1) is 28.6 Å². The largest absolute Gasteiger partial charge is 0.378 e. The second-order valence-electron chi connectivity index (χ2n) is 8.96. The molecule has 0 aromatic carbocycles. The van der Waals surface area contributed by atoms with Crippen LogP contribution in [0.4, 0.5) is 0 Å². The minimum Gasteiger partial charge on any atom is -0.378 e. The molecule has 1 N–H and O–H groups in total. The molecule has 0 aromatic heterocycles. The van der Waals surface area contributed by atoms with Gasteiger partial charge in [-0.3, -0.25) is 4.79 Å². The maximum absolute atomic E-state index is 12.5. The van der Waals surface area contributed by atoms with Crippen LogP contribution < -0.4 is 5.32 Å². The lowest BCUT2D eigenvalue weighted by Gasteiger charge is -2.53. The van der Waals surface area contributed by atoms with Gasteiger partial charge < -0.3 is 10.1 Å². The summed E-state index contributed by atoms with van der Waals surface area (Å²) in [5.74, 6) is 2.05.